The molecule has 4 unspecified atom stereocenters. The van der Waals surface area contributed by atoms with E-state index < -0.39 is 0 Å². The van der Waals surface area contributed by atoms with E-state index in [0.29, 0.717) is 12.1 Å². The fourth-order valence-corrected chi connectivity index (χ4v) is 3.84. The molecule has 0 spiro atoms. The maximum absolute atomic E-state index is 9.56. The third kappa shape index (κ3) is 3.30. The molecule has 2 saturated heterocycles. The topological polar surface area (TPSA) is 38.7 Å². The van der Waals surface area contributed by atoms with E-state index in [4.69, 9.17) is 0 Å². The molecule has 0 aliphatic carbocycles. The number of likely N-dealkylation sites (N-methyl/N-ethyl adjacent to an activating group) is 1. The summed E-state index contributed by atoms with van der Waals surface area (Å²) in [6.45, 7) is 10.7. The molecule has 4 heteroatoms. The van der Waals surface area contributed by atoms with Gasteiger partial charge in [0.25, 0.3) is 0 Å². The Morgan fingerprint density at radius 2 is 2.16 bits per heavy atom. The van der Waals surface area contributed by atoms with Gasteiger partial charge in [-0.3, -0.25) is 9.80 Å². The summed E-state index contributed by atoms with van der Waals surface area (Å²) in [5, 5.41) is 12.8. The predicted octanol–water partition coefficient (Wildman–Crippen LogP) is 0.904. The largest absolute Gasteiger partial charge is 0.394 e. The zero-order valence-corrected chi connectivity index (χ0v) is 13.0. The Kier molecular flexibility index (Phi) is 4.88. The second-order valence-electron chi connectivity index (χ2n) is 6.86. The zero-order chi connectivity index (χ0) is 14.0. The third-order valence-electron chi connectivity index (χ3n) is 5.25. The lowest BCUT2D eigenvalue weighted by atomic mass is 9.92. The van der Waals surface area contributed by atoms with Crippen molar-refractivity contribution >= 4 is 0 Å². The summed E-state index contributed by atoms with van der Waals surface area (Å²) in [5.74, 6) is 0. The molecule has 2 N–H and O–H groups in total. The Morgan fingerprint density at radius 1 is 1.42 bits per heavy atom. The van der Waals surface area contributed by atoms with Crippen molar-refractivity contribution < 1.29 is 5.11 Å². The van der Waals surface area contributed by atoms with Crippen LogP contribution in [0.15, 0.2) is 0 Å². The molecule has 0 saturated carbocycles. The Balaban J connectivity index is 1.96. The van der Waals surface area contributed by atoms with Gasteiger partial charge in [0.15, 0.2) is 0 Å². The summed E-state index contributed by atoms with van der Waals surface area (Å²) in [6, 6.07) is 1.92. The van der Waals surface area contributed by atoms with Gasteiger partial charge in [-0.1, -0.05) is 0 Å². The molecule has 112 valence electrons. The molecule has 4 atom stereocenters. The average Bonchev–Trinajstić information content (AvgIpc) is 2.84. The molecule has 2 aliphatic heterocycles. The van der Waals surface area contributed by atoms with Crippen molar-refractivity contribution in [3.8, 4) is 0 Å². The van der Waals surface area contributed by atoms with Crippen molar-refractivity contribution in [1.29, 1.82) is 0 Å². The maximum atomic E-state index is 9.56. The van der Waals surface area contributed by atoms with Crippen molar-refractivity contribution in [2.45, 2.75) is 63.7 Å². The second kappa shape index (κ2) is 6.08. The van der Waals surface area contributed by atoms with Crippen LogP contribution in [0.2, 0.25) is 0 Å². The van der Waals surface area contributed by atoms with Gasteiger partial charge in [-0.2, -0.15) is 0 Å². The first-order valence-corrected chi connectivity index (χ1v) is 7.78. The van der Waals surface area contributed by atoms with Gasteiger partial charge in [0.05, 0.1) is 6.61 Å². The molecule has 19 heavy (non-hydrogen) atoms. The zero-order valence-electron chi connectivity index (χ0n) is 13.0. The minimum atomic E-state index is -0.161. The highest BCUT2D eigenvalue weighted by atomic mass is 16.3. The SMILES string of the molecule is CNC(C)(CO)CC(C)N1CC2CCCN2CC1C. The molecule has 2 rings (SSSR count). The summed E-state index contributed by atoms with van der Waals surface area (Å²) >= 11 is 0. The lowest BCUT2D eigenvalue weighted by molar-refractivity contribution is 0.0177. The molecule has 0 bridgehead atoms. The van der Waals surface area contributed by atoms with Gasteiger partial charge in [-0.25, -0.2) is 0 Å². The molecule has 0 amide bonds. The van der Waals surface area contributed by atoms with Crippen LogP contribution in [0.5, 0.6) is 0 Å². The first-order chi connectivity index (χ1) is 8.99. The lowest BCUT2D eigenvalue weighted by Crippen LogP contribution is -2.59. The third-order valence-corrected chi connectivity index (χ3v) is 5.25. The number of piperazine rings is 1. The number of fused-ring (bicyclic) bond motifs is 1. The molecule has 0 aromatic carbocycles. The Labute approximate surface area is 118 Å². The summed E-state index contributed by atoms with van der Waals surface area (Å²) in [6.07, 6.45) is 3.72. The van der Waals surface area contributed by atoms with E-state index in [9.17, 15) is 5.11 Å². The standard InChI is InChI=1S/C15H31N3O/c1-12(8-15(3,11-19)16-4)18-10-14-6-5-7-17(14)9-13(18)2/h12-14,16,19H,5-11H2,1-4H3. The lowest BCUT2D eigenvalue weighted by Gasteiger charge is -2.46. The van der Waals surface area contributed by atoms with E-state index in [1.54, 1.807) is 0 Å². The van der Waals surface area contributed by atoms with Gasteiger partial charge in [0.2, 0.25) is 0 Å². The van der Waals surface area contributed by atoms with Crippen molar-refractivity contribution in [2.75, 3.05) is 33.3 Å². The molecule has 4 nitrogen and oxygen atoms in total. The van der Waals surface area contributed by atoms with Gasteiger partial charge in [0, 0.05) is 36.8 Å². The first kappa shape index (κ1) is 15.2. The van der Waals surface area contributed by atoms with Crippen molar-refractivity contribution in [3.63, 3.8) is 0 Å². The fourth-order valence-electron chi connectivity index (χ4n) is 3.84. The highest BCUT2D eigenvalue weighted by Crippen LogP contribution is 2.27. The van der Waals surface area contributed by atoms with E-state index in [0.717, 1.165) is 12.5 Å². The molecule has 2 fully saturated rings. The van der Waals surface area contributed by atoms with Crippen LogP contribution < -0.4 is 5.32 Å². The summed E-state index contributed by atoms with van der Waals surface area (Å²) < 4.78 is 0. The van der Waals surface area contributed by atoms with Crippen LogP contribution >= 0.6 is 0 Å². The second-order valence-corrected chi connectivity index (χ2v) is 6.86. The Morgan fingerprint density at radius 3 is 2.79 bits per heavy atom. The highest BCUT2D eigenvalue weighted by molar-refractivity contribution is 4.94. The summed E-state index contributed by atoms with van der Waals surface area (Å²) in [5.41, 5.74) is -0.161. The van der Waals surface area contributed by atoms with Crippen LogP contribution in [-0.4, -0.2) is 71.9 Å². The molecule has 0 aromatic rings. The van der Waals surface area contributed by atoms with E-state index in [2.05, 4.69) is 35.9 Å². The Bertz CT molecular complexity index is 293. The van der Waals surface area contributed by atoms with Crippen molar-refractivity contribution in [2.24, 2.45) is 0 Å². The first-order valence-electron chi connectivity index (χ1n) is 7.78. The molecule has 0 radical (unpaired) electrons. The number of nitrogens with one attached hydrogen (secondary N) is 1. The van der Waals surface area contributed by atoms with Crippen LogP contribution in [0, 0.1) is 0 Å². The highest BCUT2D eigenvalue weighted by Gasteiger charge is 2.37. The normalized spacial score (nSPS) is 33.9. The average molecular weight is 269 g/mol. The number of rotatable bonds is 5. The number of hydrogen-bond acceptors (Lipinski definition) is 4. The molecule has 0 aromatic heterocycles. The number of aliphatic hydroxyl groups is 1. The van der Waals surface area contributed by atoms with Gasteiger partial charge in [-0.05, 0) is 53.6 Å². The quantitative estimate of drug-likeness (QED) is 0.778. The van der Waals surface area contributed by atoms with Crippen LogP contribution in [0.25, 0.3) is 0 Å². The molecule has 2 heterocycles. The van der Waals surface area contributed by atoms with Crippen LogP contribution in [0.1, 0.15) is 40.0 Å². The number of nitrogens with zero attached hydrogens (tertiary/aromatic N) is 2. The minimum Gasteiger partial charge on any atom is -0.394 e. The maximum Gasteiger partial charge on any atom is 0.0611 e. The summed E-state index contributed by atoms with van der Waals surface area (Å²) in [7, 11) is 1.95. The van der Waals surface area contributed by atoms with Gasteiger partial charge in [0.1, 0.15) is 0 Å². The van der Waals surface area contributed by atoms with Gasteiger partial charge < -0.3 is 10.4 Å². The number of aliphatic hydroxyl groups excluding tert-OH is 1. The van der Waals surface area contributed by atoms with E-state index in [1.807, 2.05) is 7.05 Å². The van der Waals surface area contributed by atoms with Crippen LogP contribution in [0.4, 0.5) is 0 Å². The monoisotopic (exact) mass is 269 g/mol. The van der Waals surface area contributed by atoms with Crippen molar-refractivity contribution in [1.82, 2.24) is 15.1 Å². The summed E-state index contributed by atoms with van der Waals surface area (Å²) in [4.78, 5) is 5.31. The molecular formula is C15H31N3O. The van der Waals surface area contributed by atoms with Crippen LogP contribution in [-0.2, 0) is 0 Å². The fraction of sp³-hybridized carbons (Fsp3) is 1.00. The number of hydrogen-bond donors (Lipinski definition) is 2. The van der Waals surface area contributed by atoms with Gasteiger partial charge in [-0.15, -0.1) is 0 Å². The van der Waals surface area contributed by atoms with E-state index in [-0.39, 0.29) is 12.1 Å². The van der Waals surface area contributed by atoms with Gasteiger partial charge >= 0.3 is 0 Å². The molecular weight excluding hydrogens is 238 g/mol. The Hall–Kier alpha value is -0.160. The van der Waals surface area contributed by atoms with Crippen molar-refractivity contribution in [3.05, 3.63) is 0 Å². The smallest absolute Gasteiger partial charge is 0.0611 e. The van der Waals surface area contributed by atoms with E-state index >= 15 is 0 Å². The predicted molar refractivity (Wildman–Crippen MR) is 79.4 cm³/mol. The van der Waals surface area contributed by atoms with Crippen LogP contribution in [0.3, 0.4) is 0 Å². The molecule has 2 aliphatic rings. The van der Waals surface area contributed by atoms with E-state index in [1.165, 1.54) is 32.5 Å². The minimum absolute atomic E-state index is 0.161.